The summed E-state index contributed by atoms with van der Waals surface area (Å²) in [6.45, 7) is 5.84. The van der Waals surface area contributed by atoms with Crippen LogP contribution in [-0.2, 0) is 0 Å². The summed E-state index contributed by atoms with van der Waals surface area (Å²) in [6, 6.07) is 0.438. The van der Waals surface area contributed by atoms with Crippen LogP contribution in [0.15, 0.2) is 0 Å². The summed E-state index contributed by atoms with van der Waals surface area (Å²) in [5.74, 6) is 1.68. The van der Waals surface area contributed by atoms with Crippen LogP contribution in [0.3, 0.4) is 0 Å². The average Bonchev–Trinajstić information content (AvgIpc) is 2.94. The minimum absolute atomic E-state index is 0.438. The van der Waals surface area contributed by atoms with Gasteiger partial charge in [-0.05, 0) is 26.7 Å². The number of hydrogen-bond acceptors (Lipinski definition) is 5. The second kappa shape index (κ2) is 4.45. The zero-order valence-electron chi connectivity index (χ0n) is 9.31. The molecule has 1 aliphatic carbocycles. The first-order chi connectivity index (χ1) is 7.22. The van der Waals surface area contributed by atoms with Crippen molar-refractivity contribution in [2.75, 3.05) is 18.0 Å². The summed E-state index contributed by atoms with van der Waals surface area (Å²) in [4.78, 5) is 6.82. The molecule has 1 aromatic rings. The maximum absolute atomic E-state index is 5.60. The Morgan fingerprint density at radius 2 is 2.27 bits per heavy atom. The third-order valence-electron chi connectivity index (χ3n) is 2.61. The number of nitrogens with two attached hydrogens (primary N) is 1. The molecule has 1 fully saturated rings. The molecule has 2 rings (SSSR count). The van der Waals surface area contributed by atoms with Crippen LogP contribution in [0.1, 0.15) is 38.4 Å². The van der Waals surface area contributed by atoms with Crippen LogP contribution in [-0.4, -0.2) is 28.5 Å². The highest BCUT2D eigenvalue weighted by Crippen LogP contribution is 2.39. The van der Waals surface area contributed by atoms with Gasteiger partial charge in [0.1, 0.15) is 5.82 Å². The maximum atomic E-state index is 5.60. The molecule has 4 nitrogen and oxygen atoms in total. The number of nitrogens with zero attached hydrogens (tertiary/aromatic N) is 3. The SMILES string of the molecule is CC(C)N(CCN)c1nc(C2CC2)ns1. The second-order valence-electron chi connectivity index (χ2n) is 4.29. The smallest absolute Gasteiger partial charge is 0.205 e. The van der Waals surface area contributed by atoms with E-state index in [0.717, 1.165) is 17.5 Å². The summed E-state index contributed by atoms with van der Waals surface area (Å²) in [5, 5.41) is 1.03. The molecule has 1 heterocycles. The molecule has 15 heavy (non-hydrogen) atoms. The molecule has 5 heteroatoms. The third-order valence-corrected chi connectivity index (χ3v) is 3.38. The predicted molar refractivity (Wildman–Crippen MR) is 63.4 cm³/mol. The molecule has 0 amide bonds. The molecule has 0 aromatic carbocycles. The van der Waals surface area contributed by atoms with Crippen molar-refractivity contribution in [3.63, 3.8) is 0 Å². The van der Waals surface area contributed by atoms with Crippen LogP contribution in [0.4, 0.5) is 5.13 Å². The lowest BCUT2D eigenvalue weighted by molar-refractivity contribution is 0.680. The fraction of sp³-hybridized carbons (Fsp3) is 0.800. The van der Waals surface area contributed by atoms with Gasteiger partial charge in [-0.25, -0.2) is 4.98 Å². The van der Waals surface area contributed by atoms with Crippen LogP contribution in [0.25, 0.3) is 0 Å². The summed E-state index contributed by atoms with van der Waals surface area (Å²) in [5.41, 5.74) is 5.60. The summed E-state index contributed by atoms with van der Waals surface area (Å²) < 4.78 is 4.41. The third kappa shape index (κ3) is 2.46. The van der Waals surface area contributed by atoms with Crippen molar-refractivity contribution in [2.45, 2.75) is 38.6 Å². The Hall–Kier alpha value is -0.680. The Bertz CT molecular complexity index is 319. The minimum Gasteiger partial charge on any atom is -0.343 e. The van der Waals surface area contributed by atoms with E-state index in [-0.39, 0.29) is 0 Å². The Kier molecular flexibility index (Phi) is 3.21. The standard InChI is InChI=1S/C10H18N4S/c1-7(2)14(6-5-11)10-12-9(13-15-10)8-3-4-8/h7-8H,3-6,11H2,1-2H3. The highest BCUT2D eigenvalue weighted by Gasteiger charge is 2.28. The van der Waals surface area contributed by atoms with Gasteiger partial charge in [0.2, 0.25) is 5.13 Å². The van der Waals surface area contributed by atoms with E-state index >= 15 is 0 Å². The Morgan fingerprint density at radius 1 is 1.53 bits per heavy atom. The van der Waals surface area contributed by atoms with Crippen molar-refractivity contribution in [1.29, 1.82) is 0 Å². The van der Waals surface area contributed by atoms with E-state index in [9.17, 15) is 0 Å². The van der Waals surface area contributed by atoms with Crippen LogP contribution >= 0.6 is 11.5 Å². The Labute approximate surface area is 94.7 Å². The highest BCUT2D eigenvalue weighted by atomic mass is 32.1. The minimum atomic E-state index is 0.438. The molecule has 1 aromatic heterocycles. The van der Waals surface area contributed by atoms with Crippen molar-refractivity contribution in [1.82, 2.24) is 9.36 Å². The predicted octanol–water partition coefficient (Wildman–Crippen LogP) is 1.59. The lowest BCUT2D eigenvalue weighted by Crippen LogP contribution is -2.35. The molecule has 2 N–H and O–H groups in total. The summed E-state index contributed by atoms with van der Waals surface area (Å²) in [6.07, 6.45) is 2.52. The van der Waals surface area contributed by atoms with E-state index < -0.39 is 0 Å². The first kappa shape index (κ1) is 10.8. The number of anilines is 1. The Balaban J connectivity index is 2.10. The van der Waals surface area contributed by atoms with E-state index in [4.69, 9.17) is 5.73 Å². The van der Waals surface area contributed by atoms with Crippen LogP contribution in [0, 0.1) is 0 Å². The molecule has 84 valence electrons. The zero-order chi connectivity index (χ0) is 10.8. The number of hydrogen-bond donors (Lipinski definition) is 1. The quantitative estimate of drug-likeness (QED) is 0.828. The summed E-state index contributed by atoms with van der Waals surface area (Å²) in [7, 11) is 0. The first-order valence-electron chi connectivity index (χ1n) is 5.52. The van der Waals surface area contributed by atoms with Gasteiger partial charge in [-0.3, -0.25) is 0 Å². The largest absolute Gasteiger partial charge is 0.343 e. The van der Waals surface area contributed by atoms with Gasteiger partial charge >= 0.3 is 0 Å². The number of aromatic nitrogens is 2. The molecule has 0 saturated heterocycles. The van der Waals surface area contributed by atoms with Crippen molar-refractivity contribution in [3.8, 4) is 0 Å². The lowest BCUT2D eigenvalue weighted by atomic mass is 10.3. The van der Waals surface area contributed by atoms with Gasteiger partial charge in [0.05, 0.1) is 0 Å². The molecule has 0 bridgehead atoms. The van der Waals surface area contributed by atoms with E-state index in [2.05, 4.69) is 28.1 Å². The van der Waals surface area contributed by atoms with E-state index in [1.807, 2.05) is 0 Å². The van der Waals surface area contributed by atoms with Gasteiger partial charge in [0, 0.05) is 36.6 Å². The van der Waals surface area contributed by atoms with Crippen molar-refractivity contribution < 1.29 is 0 Å². The molecule has 0 radical (unpaired) electrons. The normalized spacial score (nSPS) is 16.0. The molecule has 1 saturated carbocycles. The summed E-state index contributed by atoms with van der Waals surface area (Å²) >= 11 is 1.50. The average molecular weight is 226 g/mol. The van der Waals surface area contributed by atoms with Gasteiger partial charge in [0.25, 0.3) is 0 Å². The topological polar surface area (TPSA) is 55.0 Å². The van der Waals surface area contributed by atoms with Crippen molar-refractivity contribution in [2.24, 2.45) is 5.73 Å². The van der Waals surface area contributed by atoms with Gasteiger partial charge in [-0.15, -0.1) is 0 Å². The molecule has 0 spiro atoms. The van der Waals surface area contributed by atoms with Gasteiger partial charge < -0.3 is 10.6 Å². The lowest BCUT2D eigenvalue weighted by Gasteiger charge is -2.24. The monoisotopic (exact) mass is 226 g/mol. The van der Waals surface area contributed by atoms with Crippen LogP contribution in [0.5, 0.6) is 0 Å². The fourth-order valence-corrected chi connectivity index (χ4v) is 2.47. The molecule has 0 atom stereocenters. The first-order valence-corrected chi connectivity index (χ1v) is 6.30. The zero-order valence-corrected chi connectivity index (χ0v) is 10.1. The van der Waals surface area contributed by atoms with Gasteiger partial charge in [-0.2, -0.15) is 4.37 Å². The van der Waals surface area contributed by atoms with E-state index in [1.54, 1.807) is 0 Å². The highest BCUT2D eigenvalue weighted by molar-refractivity contribution is 7.09. The fourth-order valence-electron chi connectivity index (χ4n) is 1.56. The number of rotatable bonds is 5. The molecular formula is C10H18N4S. The second-order valence-corrected chi connectivity index (χ2v) is 5.02. The van der Waals surface area contributed by atoms with E-state index in [0.29, 0.717) is 18.5 Å². The molecular weight excluding hydrogens is 208 g/mol. The maximum Gasteiger partial charge on any atom is 0.205 e. The molecule has 0 unspecified atom stereocenters. The van der Waals surface area contributed by atoms with Gasteiger partial charge in [0.15, 0.2) is 0 Å². The van der Waals surface area contributed by atoms with Gasteiger partial charge in [-0.1, -0.05) is 0 Å². The Morgan fingerprint density at radius 3 is 2.80 bits per heavy atom. The molecule has 0 aliphatic heterocycles. The van der Waals surface area contributed by atoms with Crippen LogP contribution in [0.2, 0.25) is 0 Å². The van der Waals surface area contributed by atoms with Crippen LogP contribution < -0.4 is 10.6 Å². The van der Waals surface area contributed by atoms with E-state index in [1.165, 1.54) is 24.4 Å². The van der Waals surface area contributed by atoms with Crippen molar-refractivity contribution >= 4 is 16.7 Å². The van der Waals surface area contributed by atoms with Crippen molar-refractivity contribution in [3.05, 3.63) is 5.82 Å². The molecule has 1 aliphatic rings.